The van der Waals surface area contributed by atoms with E-state index in [0.29, 0.717) is 0 Å². The Balaban J connectivity index is 1.63. The second-order valence-corrected chi connectivity index (χ2v) is 7.44. The van der Waals surface area contributed by atoms with E-state index in [9.17, 15) is 0 Å². The van der Waals surface area contributed by atoms with Gasteiger partial charge in [0, 0.05) is 13.1 Å². The lowest BCUT2D eigenvalue weighted by atomic mass is 10.1. The fraction of sp³-hybridized carbons (Fsp3) is 0.579. The predicted octanol–water partition coefficient (Wildman–Crippen LogP) is 2.74. The molecule has 0 radical (unpaired) electrons. The molecule has 2 aliphatic rings. The molecular formula is C19H27N5OS. The van der Waals surface area contributed by atoms with Gasteiger partial charge in [-0.1, -0.05) is 36.8 Å². The summed E-state index contributed by atoms with van der Waals surface area (Å²) >= 11 is 5.83. The fourth-order valence-corrected chi connectivity index (χ4v) is 3.96. The Hall–Kier alpha value is -1.70. The van der Waals surface area contributed by atoms with Crippen LogP contribution in [-0.4, -0.2) is 58.6 Å². The van der Waals surface area contributed by atoms with Crippen LogP contribution in [0.1, 0.15) is 24.8 Å². The molecule has 0 amide bonds. The number of hydrogen-bond acceptors (Lipinski definition) is 5. The van der Waals surface area contributed by atoms with Crippen LogP contribution in [-0.2, 0) is 18.0 Å². The lowest BCUT2D eigenvalue weighted by Gasteiger charge is -2.27. The van der Waals surface area contributed by atoms with Gasteiger partial charge in [-0.25, -0.2) is 4.68 Å². The highest BCUT2D eigenvalue weighted by molar-refractivity contribution is 7.71. The lowest BCUT2D eigenvalue weighted by molar-refractivity contribution is 0.121. The van der Waals surface area contributed by atoms with Crippen LogP contribution in [0.4, 0.5) is 5.95 Å². The molecular weight excluding hydrogens is 346 g/mol. The molecule has 4 rings (SSSR count). The highest BCUT2D eigenvalue weighted by Gasteiger charge is 2.21. The summed E-state index contributed by atoms with van der Waals surface area (Å²) in [6.45, 7) is 7.05. The van der Waals surface area contributed by atoms with E-state index in [4.69, 9.17) is 22.1 Å². The summed E-state index contributed by atoms with van der Waals surface area (Å²) < 4.78 is 10.5. The van der Waals surface area contributed by atoms with E-state index < -0.39 is 0 Å². The van der Waals surface area contributed by atoms with Crippen molar-refractivity contribution in [2.45, 2.75) is 32.5 Å². The van der Waals surface area contributed by atoms with Gasteiger partial charge >= 0.3 is 0 Å². The van der Waals surface area contributed by atoms with Crippen molar-refractivity contribution in [3.8, 4) is 0 Å². The van der Waals surface area contributed by atoms with Crippen molar-refractivity contribution in [3.05, 3.63) is 40.7 Å². The first-order valence-corrected chi connectivity index (χ1v) is 9.99. The van der Waals surface area contributed by atoms with Crippen molar-refractivity contribution in [3.63, 3.8) is 0 Å². The molecule has 1 aromatic carbocycles. The minimum absolute atomic E-state index is 0.747. The zero-order valence-electron chi connectivity index (χ0n) is 15.2. The summed E-state index contributed by atoms with van der Waals surface area (Å²) in [7, 11) is 0. The summed E-state index contributed by atoms with van der Waals surface area (Å²) in [5.41, 5.74) is 1.25. The quantitative estimate of drug-likeness (QED) is 0.754. The maximum Gasteiger partial charge on any atom is 0.226 e. The number of aromatic nitrogens is 3. The van der Waals surface area contributed by atoms with Crippen LogP contribution in [0.5, 0.6) is 0 Å². The van der Waals surface area contributed by atoms with Gasteiger partial charge in [-0.05, 0) is 43.7 Å². The van der Waals surface area contributed by atoms with Crippen LogP contribution < -0.4 is 4.90 Å². The van der Waals surface area contributed by atoms with Gasteiger partial charge in [0.25, 0.3) is 0 Å². The molecule has 0 unspecified atom stereocenters. The van der Waals surface area contributed by atoms with E-state index in [2.05, 4.69) is 38.6 Å². The summed E-state index contributed by atoms with van der Waals surface area (Å²) in [6.07, 6.45) is 3.88. The molecule has 0 spiro atoms. The number of anilines is 1. The number of ether oxygens (including phenoxy) is 1. The van der Waals surface area contributed by atoms with Crippen LogP contribution in [0.2, 0.25) is 0 Å². The van der Waals surface area contributed by atoms with Gasteiger partial charge in [0.2, 0.25) is 10.7 Å². The van der Waals surface area contributed by atoms with E-state index in [0.717, 1.165) is 63.3 Å². The van der Waals surface area contributed by atoms with Gasteiger partial charge in [-0.15, -0.1) is 5.10 Å². The van der Waals surface area contributed by atoms with E-state index in [1.54, 1.807) is 0 Å². The van der Waals surface area contributed by atoms with Crippen molar-refractivity contribution in [1.82, 2.24) is 19.2 Å². The van der Waals surface area contributed by atoms with Gasteiger partial charge in [0.15, 0.2) is 0 Å². The maximum atomic E-state index is 5.83. The Labute approximate surface area is 160 Å². The first-order valence-electron chi connectivity index (χ1n) is 9.58. The van der Waals surface area contributed by atoms with Crippen molar-refractivity contribution < 1.29 is 4.74 Å². The third-order valence-corrected chi connectivity index (χ3v) is 5.59. The molecule has 2 aliphatic heterocycles. The standard InChI is InChI=1S/C19H27N5OS/c26-19-23(15-17-7-3-1-4-8-17)18(22-11-13-25-14-12-22)20-24(19)16-21-9-5-2-6-10-21/h1,3-4,7-8H,2,5-6,9-16H2. The number of nitrogens with zero attached hydrogens (tertiary/aromatic N) is 5. The number of piperidine rings is 1. The summed E-state index contributed by atoms with van der Waals surface area (Å²) in [5.74, 6) is 0.971. The molecule has 2 aromatic rings. The van der Waals surface area contributed by atoms with Crippen LogP contribution in [0.15, 0.2) is 30.3 Å². The molecule has 0 saturated carbocycles. The predicted molar refractivity (Wildman–Crippen MR) is 105 cm³/mol. The first-order chi connectivity index (χ1) is 12.8. The molecule has 2 fully saturated rings. The third kappa shape index (κ3) is 4.00. The molecule has 0 bridgehead atoms. The number of likely N-dealkylation sites (tertiary alicyclic amines) is 1. The summed E-state index contributed by atoms with van der Waals surface area (Å²) in [5, 5.41) is 4.93. The smallest absolute Gasteiger partial charge is 0.226 e. The Morgan fingerprint density at radius 2 is 1.69 bits per heavy atom. The van der Waals surface area contributed by atoms with E-state index >= 15 is 0 Å². The first kappa shape index (κ1) is 17.7. The molecule has 7 heteroatoms. The lowest BCUT2D eigenvalue weighted by Crippen LogP contribution is -2.38. The van der Waals surface area contributed by atoms with Crippen LogP contribution in [0, 0.1) is 4.77 Å². The molecule has 0 N–H and O–H groups in total. The molecule has 26 heavy (non-hydrogen) atoms. The number of hydrogen-bond donors (Lipinski definition) is 0. The van der Waals surface area contributed by atoms with E-state index in [1.165, 1.54) is 24.8 Å². The van der Waals surface area contributed by atoms with Crippen LogP contribution >= 0.6 is 12.2 Å². The average Bonchev–Trinajstić information content (AvgIpc) is 3.00. The average molecular weight is 374 g/mol. The van der Waals surface area contributed by atoms with Gasteiger partial charge in [0.1, 0.15) is 0 Å². The highest BCUT2D eigenvalue weighted by Crippen LogP contribution is 2.19. The minimum Gasteiger partial charge on any atom is -0.378 e. The summed E-state index contributed by atoms with van der Waals surface area (Å²) in [4.78, 5) is 4.76. The van der Waals surface area contributed by atoms with Gasteiger partial charge in [-0.3, -0.25) is 9.47 Å². The number of morpholine rings is 1. The Morgan fingerprint density at radius 1 is 0.962 bits per heavy atom. The van der Waals surface area contributed by atoms with E-state index in [1.807, 2.05) is 10.7 Å². The van der Waals surface area contributed by atoms with Crippen molar-refractivity contribution in [1.29, 1.82) is 0 Å². The SMILES string of the molecule is S=c1n(CN2CCCCC2)nc(N2CCOCC2)n1Cc1ccccc1. The van der Waals surface area contributed by atoms with Crippen molar-refractivity contribution >= 4 is 18.2 Å². The molecule has 0 atom stereocenters. The zero-order chi connectivity index (χ0) is 17.8. The van der Waals surface area contributed by atoms with Gasteiger partial charge in [0.05, 0.1) is 26.4 Å². The minimum atomic E-state index is 0.747. The largest absolute Gasteiger partial charge is 0.378 e. The second kappa shape index (κ2) is 8.33. The highest BCUT2D eigenvalue weighted by atomic mass is 32.1. The van der Waals surface area contributed by atoms with Crippen molar-refractivity contribution in [2.24, 2.45) is 0 Å². The molecule has 2 saturated heterocycles. The van der Waals surface area contributed by atoms with Gasteiger partial charge < -0.3 is 9.64 Å². The number of rotatable bonds is 5. The third-order valence-electron chi connectivity index (χ3n) is 5.16. The normalized spacial score (nSPS) is 19.0. The topological polar surface area (TPSA) is 38.5 Å². The molecule has 6 nitrogen and oxygen atoms in total. The number of benzene rings is 1. The Kier molecular flexibility index (Phi) is 5.67. The Bertz CT molecular complexity index is 760. The monoisotopic (exact) mass is 373 g/mol. The van der Waals surface area contributed by atoms with Crippen LogP contribution in [0.25, 0.3) is 0 Å². The fourth-order valence-electron chi connectivity index (χ4n) is 3.71. The zero-order valence-corrected chi connectivity index (χ0v) is 16.0. The molecule has 140 valence electrons. The summed E-state index contributed by atoms with van der Waals surface area (Å²) in [6, 6.07) is 10.5. The molecule has 3 heterocycles. The van der Waals surface area contributed by atoms with Crippen LogP contribution in [0.3, 0.4) is 0 Å². The van der Waals surface area contributed by atoms with E-state index in [-0.39, 0.29) is 0 Å². The maximum absolute atomic E-state index is 5.83. The van der Waals surface area contributed by atoms with Gasteiger partial charge in [-0.2, -0.15) is 0 Å². The molecule has 0 aliphatic carbocycles. The molecule has 1 aromatic heterocycles. The second-order valence-electron chi connectivity index (χ2n) is 7.07. The Morgan fingerprint density at radius 3 is 2.42 bits per heavy atom. The van der Waals surface area contributed by atoms with Crippen molar-refractivity contribution in [2.75, 3.05) is 44.3 Å².